The van der Waals surface area contributed by atoms with Crippen LogP contribution in [-0.2, 0) is 9.59 Å². The van der Waals surface area contributed by atoms with Crippen molar-refractivity contribution >= 4 is 18.0 Å². The fourth-order valence-corrected chi connectivity index (χ4v) is 2.12. The van der Waals surface area contributed by atoms with Crippen LogP contribution in [0.2, 0.25) is 0 Å². The Labute approximate surface area is 139 Å². The molecule has 0 aliphatic rings. The number of benzene rings is 1. The van der Waals surface area contributed by atoms with Gasteiger partial charge in [0.2, 0.25) is 0 Å². The van der Waals surface area contributed by atoms with E-state index in [1.165, 1.54) is 0 Å². The fourth-order valence-electron chi connectivity index (χ4n) is 2.12. The van der Waals surface area contributed by atoms with Gasteiger partial charge in [-0.05, 0) is 11.5 Å². The third-order valence-electron chi connectivity index (χ3n) is 3.20. The number of nitrogens with zero attached hydrogens (tertiary/aromatic N) is 1. The van der Waals surface area contributed by atoms with Crippen LogP contribution in [0.1, 0.15) is 25.5 Å². The average Bonchev–Trinajstić information content (AvgIpc) is 2.51. The molecule has 0 spiro atoms. The van der Waals surface area contributed by atoms with Gasteiger partial charge in [0.05, 0.1) is 6.54 Å². The van der Waals surface area contributed by atoms with E-state index in [0.717, 1.165) is 4.90 Å². The Kier molecular flexibility index (Phi) is 7.19. The molecule has 1 rings (SSSR count). The minimum Gasteiger partial charge on any atom is -0.479 e. The summed E-state index contributed by atoms with van der Waals surface area (Å²) in [5, 5.41) is 30.0. The Morgan fingerprint density at radius 2 is 1.62 bits per heavy atom. The standard InChI is InChI=1S/C16H22N2O6/c1-10(2)8-18(9-12(19)14(20)21)16(24)17-13(15(22)23)11-6-4-3-5-7-11/h3-7,10,12-13,19H,8-9H2,1-2H3,(H,17,24)(H,20,21)(H,22,23)/t12-,13-/m0/s1. The van der Waals surface area contributed by atoms with Crippen LogP contribution >= 0.6 is 0 Å². The van der Waals surface area contributed by atoms with Crippen molar-refractivity contribution in [1.29, 1.82) is 0 Å². The first kappa shape index (κ1) is 19.4. The van der Waals surface area contributed by atoms with Crippen LogP contribution in [0, 0.1) is 5.92 Å². The van der Waals surface area contributed by atoms with E-state index in [0.29, 0.717) is 5.56 Å². The lowest BCUT2D eigenvalue weighted by Crippen LogP contribution is -2.49. The van der Waals surface area contributed by atoms with E-state index in [4.69, 9.17) is 5.11 Å². The molecule has 1 aromatic rings. The number of aliphatic carboxylic acids is 2. The molecule has 1 aromatic carbocycles. The number of carbonyl (C=O) groups excluding carboxylic acids is 1. The number of urea groups is 1. The molecule has 0 saturated carbocycles. The average molecular weight is 338 g/mol. The van der Waals surface area contributed by atoms with Gasteiger partial charge in [-0.1, -0.05) is 44.2 Å². The number of amides is 2. The number of hydrogen-bond donors (Lipinski definition) is 4. The maximum atomic E-state index is 12.4. The van der Waals surface area contributed by atoms with Crippen LogP contribution in [-0.4, -0.2) is 57.4 Å². The maximum absolute atomic E-state index is 12.4. The number of rotatable bonds is 8. The van der Waals surface area contributed by atoms with Gasteiger partial charge in [0.25, 0.3) is 0 Å². The molecular formula is C16H22N2O6. The molecule has 0 aromatic heterocycles. The van der Waals surface area contributed by atoms with Gasteiger partial charge in [-0.2, -0.15) is 0 Å². The van der Waals surface area contributed by atoms with E-state index in [-0.39, 0.29) is 12.5 Å². The van der Waals surface area contributed by atoms with E-state index in [1.807, 2.05) is 13.8 Å². The third-order valence-corrected chi connectivity index (χ3v) is 3.20. The lowest BCUT2D eigenvalue weighted by molar-refractivity contribution is -0.147. The van der Waals surface area contributed by atoms with Crippen LogP contribution in [0.4, 0.5) is 4.79 Å². The van der Waals surface area contributed by atoms with Crippen molar-refractivity contribution in [2.45, 2.75) is 26.0 Å². The lowest BCUT2D eigenvalue weighted by Gasteiger charge is -2.27. The van der Waals surface area contributed by atoms with E-state index in [9.17, 15) is 24.6 Å². The number of aliphatic hydroxyl groups excluding tert-OH is 1. The minimum atomic E-state index is -1.74. The van der Waals surface area contributed by atoms with Gasteiger partial charge in [-0.25, -0.2) is 14.4 Å². The lowest BCUT2D eigenvalue weighted by atomic mass is 10.1. The summed E-state index contributed by atoms with van der Waals surface area (Å²) in [6.07, 6.45) is -1.74. The molecular weight excluding hydrogens is 316 g/mol. The van der Waals surface area contributed by atoms with Crippen molar-refractivity contribution in [1.82, 2.24) is 10.2 Å². The molecule has 132 valence electrons. The number of aliphatic hydroxyl groups is 1. The van der Waals surface area contributed by atoms with Crippen LogP contribution in [0.5, 0.6) is 0 Å². The van der Waals surface area contributed by atoms with E-state index in [1.54, 1.807) is 30.3 Å². The van der Waals surface area contributed by atoms with Crippen LogP contribution < -0.4 is 5.32 Å². The predicted molar refractivity (Wildman–Crippen MR) is 85.4 cm³/mol. The van der Waals surface area contributed by atoms with Crippen molar-refractivity contribution in [2.24, 2.45) is 5.92 Å². The molecule has 0 radical (unpaired) electrons. The fraction of sp³-hybridized carbons (Fsp3) is 0.438. The molecule has 2 atom stereocenters. The topological polar surface area (TPSA) is 127 Å². The van der Waals surface area contributed by atoms with Crippen molar-refractivity contribution in [3.63, 3.8) is 0 Å². The number of carbonyl (C=O) groups is 3. The van der Waals surface area contributed by atoms with Gasteiger partial charge in [0.15, 0.2) is 12.1 Å². The highest BCUT2D eigenvalue weighted by Crippen LogP contribution is 2.14. The number of carboxylic acids is 2. The van der Waals surface area contributed by atoms with Crippen molar-refractivity contribution < 1.29 is 29.7 Å². The van der Waals surface area contributed by atoms with E-state index >= 15 is 0 Å². The number of nitrogens with one attached hydrogen (secondary N) is 1. The van der Waals surface area contributed by atoms with Gasteiger partial charge < -0.3 is 25.5 Å². The predicted octanol–water partition coefficient (Wildman–Crippen LogP) is 0.925. The van der Waals surface area contributed by atoms with Crippen molar-refractivity contribution in [2.75, 3.05) is 13.1 Å². The first-order chi connectivity index (χ1) is 11.2. The normalized spacial score (nSPS) is 13.2. The Hall–Kier alpha value is -2.61. The smallest absolute Gasteiger partial charge is 0.334 e. The summed E-state index contributed by atoms with van der Waals surface area (Å²) < 4.78 is 0. The summed E-state index contributed by atoms with van der Waals surface area (Å²) >= 11 is 0. The van der Waals surface area contributed by atoms with Crippen LogP contribution in [0.25, 0.3) is 0 Å². The highest BCUT2D eigenvalue weighted by atomic mass is 16.4. The highest BCUT2D eigenvalue weighted by molar-refractivity contribution is 5.84. The highest BCUT2D eigenvalue weighted by Gasteiger charge is 2.27. The molecule has 0 unspecified atom stereocenters. The molecule has 8 heteroatoms. The molecule has 8 nitrogen and oxygen atoms in total. The second-order valence-electron chi connectivity index (χ2n) is 5.78. The van der Waals surface area contributed by atoms with Gasteiger partial charge in [-0.3, -0.25) is 0 Å². The Morgan fingerprint density at radius 3 is 2.08 bits per heavy atom. The Morgan fingerprint density at radius 1 is 1.04 bits per heavy atom. The summed E-state index contributed by atoms with van der Waals surface area (Å²) in [5.74, 6) is -2.68. The summed E-state index contributed by atoms with van der Waals surface area (Å²) in [6, 6.07) is 6.14. The Bertz CT molecular complexity index is 575. The molecule has 0 aliphatic carbocycles. The van der Waals surface area contributed by atoms with Gasteiger partial charge in [-0.15, -0.1) is 0 Å². The zero-order valence-electron chi connectivity index (χ0n) is 13.5. The summed E-state index contributed by atoms with van der Waals surface area (Å²) in [7, 11) is 0. The second-order valence-corrected chi connectivity index (χ2v) is 5.78. The minimum absolute atomic E-state index is 0.0109. The monoisotopic (exact) mass is 338 g/mol. The molecule has 0 saturated heterocycles. The summed E-state index contributed by atoms with van der Waals surface area (Å²) in [4.78, 5) is 35.7. The molecule has 0 aliphatic heterocycles. The van der Waals surface area contributed by atoms with Crippen molar-refractivity contribution in [3.05, 3.63) is 35.9 Å². The number of hydrogen-bond acceptors (Lipinski definition) is 4. The van der Waals surface area contributed by atoms with Gasteiger partial charge in [0, 0.05) is 6.54 Å². The van der Waals surface area contributed by atoms with Crippen LogP contribution in [0.15, 0.2) is 30.3 Å². The van der Waals surface area contributed by atoms with Gasteiger partial charge in [0.1, 0.15) is 0 Å². The molecule has 2 amide bonds. The molecule has 4 N–H and O–H groups in total. The third kappa shape index (κ3) is 5.88. The van der Waals surface area contributed by atoms with E-state index < -0.39 is 36.7 Å². The summed E-state index contributed by atoms with van der Waals surface area (Å²) in [6.45, 7) is 3.39. The zero-order chi connectivity index (χ0) is 18.3. The zero-order valence-corrected chi connectivity index (χ0v) is 13.5. The molecule has 0 heterocycles. The molecule has 0 bridgehead atoms. The second kappa shape index (κ2) is 8.88. The van der Waals surface area contributed by atoms with Crippen LogP contribution in [0.3, 0.4) is 0 Å². The van der Waals surface area contributed by atoms with Crippen molar-refractivity contribution in [3.8, 4) is 0 Å². The quantitative estimate of drug-likeness (QED) is 0.558. The number of carboxylic acid groups (broad SMARTS) is 2. The van der Waals surface area contributed by atoms with Gasteiger partial charge >= 0.3 is 18.0 Å². The Balaban J connectivity index is 2.91. The maximum Gasteiger partial charge on any atom is 0.334 e. The first-order valence-electron chi connectivity index (χ1n) is 7.46. The SMILES string of the molecule is CC(C)CN(C[C@H](O)C(=O)O)C(=O)N[C@H](C(=O)O)c1ccccc1. The van der Waals surface area contributed by atoms with E-state index in [2.05, 4.69) is 5.32 Å². The summed E-state index contributed by atoms with van der Waals surface area (Å²) in [5.41, 5.74) is 0.390. The first-order valence-corrected chi connectivity index (χ1v) is 7.46. The molecule has 0 fully saturated rings. The largest absolute Gasteiger partial charge is 0.479 e. The molecule has 24 heavy (non-hydrogen) atoms.